The predicted octanol–water partition coefficient (Wildman–Crippen LogP) is 1.09. The average Bonchev–Trinajstić information content (AvgIpc) is 2.23. The maximum Gasteiger partial charge on any atom is 0.380 e. The lowest BCUT2D eigenvalue weighted by molar-refractivity contribution is 0.199. The van der Waals surface area contributed by atoms with Crippen molar-refractivity contribution in [2.45, 2.75) is 0 Å². The molecule has 0 unspecified atom stereocenters. The van der Waals surface area contributed by atoms with E-state index in [9.17, 15) is 4.79 Å². The summed E-state index contributed by atoms with van der Waals surface area (Å²) in [5.74, 6) is 0.600. The molecule has 0 spiro atoms. The van der Waals surface area contributed by atoms with Gasteiger partial charge in [0.25, 0.3) is 0 Å². The first-order valence-corrected chi connectivity index (χ1v) is 4.13. The zero-order chi connectivity index (χ0) is 9.80. The fourth-order valence-corrected chi connectivity index (χ4v) is 1.01. The van der Waals surface area contributed by atoms with E-state index in [2.05, 4.69) is 4.98 Å². The van der Waals surface area contributed by atoms with Gasteiger partial charge in [-0.3, -0.25) is 0 Å². The molecule has 1 heterocycles. The largest absolute Gasteiger partial charge is 0.380 e. The van der Waals surface area contributed by atoms with Gasteiger partial charge >= 0.3 is 5.69 Å². The van der Waals surface area contributed by atoms with Crippen LogP contribution < -0.4 is 10.5 Å². The highest BCUT2D eigenvalue weighted by atomic mass is 16.7. The summed E-state index contributed by atoms with van der Waals surface area (Å²) in [5.41, 5.74) is -0.434. The first-order valence-electron chi connectivity index (χ1n) is 4.13. The molecule has 2 aromatic rings. The predicted molar refractivity (Wildman–Crippen MR) is 51.0 cm³/mol. The van der Waals surface area contributed by atoms with Gasteiger partial charge in [0, 0.05) is 6.20 Å². The van der Waals surface area contributed by atoms with Crippen molar-refractivity contribution in [2.24, 2.45) is 0 Å². The minimum Gasteiger partial charge on any atom is -0.371 e. The van der Waals surface area contributed by atoms with Crippen LogP contribution in [0.5, 0.6) is 5.75 Å². The Morgan fingerprint density at radius 3 is 2.64 bits per heavy atom. The van der Waals surface area contributed by atoms with E-state index >= 15 is 0 Å². The Morgan fingerprint density at radius 1 is 1.14 bits per heavy atom. The van der Waals surface area contributed by atoms with E-state index in [1.807, 2.05) is 18.2 Å². The summed E-state index contributed by atoms with van der Waals surface area (Å²) in [4.78, 5) is 20.0. The summed E-state index contributed by atoms with van der Waals surface area (Å²) in [6.07, 6.45) is 2.94. The van der Waals surface area contributed by atoms with Crippen LogP contribution >= 0.6 is 0 Å². The van der Waals surface area contributed by atoms with Gasteiger partial charge in [0.2, 0.25) is 0 Å². The minimum absolute atomic E-state index is 0.434. The van der Waals surface area contributed by atoms with Gasteiger partial charge in [-0.2, -0.15) is 4.98 Å². The normalized spacial score (nSPS) is 9.71. The van der Waals surface area contributed by atoms with Crippen LogP contribution in [0.3, 0.4) is 0 Å². The molecular formula is C10H8N2O2. The molecule has 4 heteroatoms. The lowest BCUT2D eigenvalue weighted by Crippen LogP contribution is -2.25. The van der Waals surface area contributed by atoms with Gasteiger partial charge in [0.1, 0.15) is 0 Å². The Hall–Kier alpha value is -2.10. The molecule has 0 radical (unpaired) electrons. The van der Waals surface area contributed by atoms with Crippen LogP contribution in [0.4, 0.5) is 0 Å². The molecule has 1 aromatic heterocycles. The van der Waals surface area contributed by atoms with E-state index in [4.69, 9.17) is 4.84 Å². The maximum absolute atomic E-state index is 11.2. The second kappa shape index (κ2) is 3.74. The lowest BCUT2D eigenvalue weighted by atomic mass is 10.3. The molecule has 0 aliphatic carbocycles. The number of nitrogens with zero attached hydrogens (tertiary/aromatic N) is 2. The van der Waals surface area contributed by atoms with E-state index in [1.54, 1.807) is 18.2 Å². The van der Waals surface area contributed by atoms with Crippen LogP contribution in [0, 0.1) is 0 Å². The van der Waals surface area contributed by atoms with Crippen LogP contribution in [0.15, 0.2) is 53.6 Å². The Morgan fingerprint density at radius 2 is 1.93 bits per heavy atom. The monoisotopic (exact) mass is 188 g/mol. The van der Waals surface area contributed by atoms with E-state index in [1.165, 1.54) is 12.4 Å². The number of hydrogen-bond acceptors (Lipinski definition) is 3. The third-order valence-corrected chi connectivity index (χ3v) is 1.63. The summed E-state index contributed by atoms with van der Waals surface area (Å²) >= 11 is 0. The lowest BCUT2D eigenvalue weighted by Gasteiger charge is -2.04. The SMILES string of the molecule is O=c1ncccn1Oc1ccccc1. The highest BCUT2D eigenvalue weighted by Gasteiger charge is 1.96. The Kier molecular flexibility index (Phi) is 2.27. The number of benzene rings is 1. The first-order chi connectivity index (χ1) is 6.86. The average molecular weight is 188 g/mol. The molecule has 0 fully saturated rings. The van der Waals surface area contributed by atoms with Crippen molar-refractivity contribution < 1.29 is 4.84 Å². The van der Waals surface area contributed by atoms with E-state index in [0.717, 1.165) is 4.73 Å². The van der Waals surface area contributed by atoms with E-state index in [0.29, 0.717) is 5.75 Å². The third kappa shape index (κ3) is 1.80. The van der Waals surface area contributed by atoms with Gasteiger partial charge in [0.05, 0.1) is 6.20 Å². The third-order valence-electron chi connectivity index (χ3n) is 1.63. The molecule has 0 bridgehead atoms. The maximum atomic E-state index is 11.2. The highest BCUT2D eigenvalue weighted by molar-refractivity contribution is 5.20. The molecule has 70 valence electrons. The fraction of sp³-hybridized carbons (Fsp3) is 0. The summed E-state index contributed by atoms with van der Waals surface area (Å²) in [6.45, 7) is 0. The van der Waals surface area contributed by atoms with Crippen molar-refractivity contribution in [3.8, 4) is 5.75 Å². The van der Waals surface area contributed by atoms with Crippen LogP contribution in [0.25, 0.3) is 0 Å². The zero-order valence-corrected chi connectivity index (χ0v) is 7.33. The number of aromatic nitrogens is 2. The standard InChI is InChI=1S/C10H8N2O2/c13-10-11-7-4-8-12(10)14-9-5-2-1-3-6-9/h1-8H. The van der Waals surface area contributed by atoms with Gasteiger partial charge in [0.15, 0.2) is 5.75 Å². The van der Waals surface area contributed by atoms with Gasteiger partial charge in [-0.25, -0.2) is 4.79 Å². The Bertz CT molecular complexity index is 465. The van der Waals surface area contributed by atoms with Gasteiger partial charge in [-0.1, -0.05) is 18.2 Å². The van der Waals surface area contributed by atoms with Gasteiger partial charge in [-0.05, 0) is 18.2 Å². The topological polar surface area (TPSA) is 44.1 Å². The first kappa shape index (κ1) is 8.50. The fourth-order valence-electron chi connectivity index (χ4n) is 1.01. The van der Waals surface area contributed by atoms with E-state index in [-0.39, 0.29) is 0 Å². The summed E-state index contributed by atoms with van der Waals surface area (Å²) in [5, 5.41) is 0. The van der Waals surface area contributed by atoms with Crippen LogP contribution in [-0.4, -0.2) is 9.71 Å². The van der Waals surface area contributed by atoms with Crippen molar-refractivity contribution in [1.82, 2.24) is 9.71 Å². The van der Waals surface area contributed by atoms with Crippen molar-refractivity contribution in [3.05, 3.63) is 59.3 Å². The molecule has 0 saturated carbocycles. The van der Waals surface area contributed by atoms with Gasteiger partial charge in [-0.15, -0.1) is 4.73 Å². The molecular weight excluding hydrogens is 180 g/mol. The summed E-state index contributed by atoms with van der Waals surface area (Å²) in [6, 6.07) is 10.7. The molecule has 0 atom stereocenters. The van der Waals surface area contributed by atoms with Crippen LogP contribution in [0.1, 0.15) is 0 Å². The number of rotatable bonds is 2. The Balaban J connectivity index is 2.28. The van der Waals surface area contributed by atoms with Crippen molar-refractivity contribution in [3.63, 3.8) is 0 Å². The smallest absolute Gasteiger partial charge is 0.371 e. The van der Waals surface area contributed by atoms with Crippen molar-refractivity contribution in [1.29, 1.82) is 0 Å². The van der Waals surface area contributed by atoms with Crippen LogP contribution in [-0.2, 0) is 0 Å². The summed E-state index contributed by atoms with van der Waals surface area (Å²) < 4.78 is 1.08. The molecule has 0 saturated heterocycles. The molecule has 0 amide bonds. The summed E-state index contributed by atoms with van der Waals surface area (Å²) in [7, 11) is 0. The number of hydrogen-bond donors (Lipinski definition) is 0. The van der Waals surface area contributed by atoms with E-state index < -0.39 is 5.69 Å². The molecule has 0 N–H and O–H groups in total. The Labute approximate surface area is 80.4 Å². The van der Waals surface area contributed by atoms with Crippen LogP contribution in [0.2, 0.25) is 0 Å². The van der Waals surface area contributed by atoms with Crippen molar-refractivity contribution >= 4 is 0 Å². The second-order valence-corrected chi connectivity index (χ2v) is 2.63. The quantitative estimate of drug-likeness (QED) is 0.708. The molecule has 2 rings (SSSR count). The minimum atomic E-state index is -0.434. The molecule has 14 heavy (non-hydrogen) atoms. The molecule has 0 aliphatic heterocycles. The zero-order valence-electron chi connectivity index (χ0n) is 7.33. The van der Waals surface area contributed by atoms with Gasteiger partial charge < -0.3 is 4.84 Å². The second-order valence-electron chi connectivity index (χ2n) is 2.63. The van der Waals surface area contributed by atoms with Crippen molar-refractivity contribution in [2.75, 3.05) is 0 Å². The molecule has 4 nitrogen and oxygen atoms in total. The number of para-hydroxylation sites is 1. The highest BCUT2D eigenvalue weighted by Crippen LogP contribution is 2.07. The molecule has 1 aromatic carbocycles. The molecule has 0 aliphatic rings.